The van der Waals surface area contributed by atoms with Crippen LogP contribution in [-0.4, -0.2) is 12.5 Å². The van der Waals surface area contributed by atoms with E-state index in [1.807, 2.05) is 30.3 Å². The van der Waals surface area contributed by atoms with Gasteiger partial charge >= 0.3 is 0 Å². The molecular formula is C21H29N3O. The molecule has 0 aliphatic rings. The number of rotatable bonds is 9. The minimum atomic E-state index is 0.501. The normalized spacial score (nSPS) is 11.7. The van der Waals surface area contributed by atoms with Crippen LogP contribution in [0.5, 0.6) is 0 Å². The summed E-state index contributed by atoms with van der Waals surface area (Å²) in [5, 5.41) is 3.16. The van der Waals surface area contributed by atoms with E-state index in [-0.39, 0.29) is 0 Å². The fourth-order valence-corrected chi connectivity index (χ4v) is 2.42. The lowest BCUT2D eigenvalue weighted by Crippen LogP contribution is -2.32. The third-order valence-electron chi connectivity index (χ3n) is 3.94. The van der Waals surface area contributed by atoms with Gasteiger partial charge in [-0.3, -0.25) is 0 Å². The van der Waals surface area contributed by atoms with Gasteiger partial charge in [0.2, 0.25) is 0 Å². The Morgan fingerprint density at radius 1 is 1.00 bits per heavy atom. The van der Waals surface area contributed by atoms with Crippen molar-refractivity contribution in [1.82, 2.24) is 5.32 Å². The molecule has 0 radical (unpaired) electrons. The van der Waals surface area contributed by atoms with Crippen LogP contribution >= 0.6 is 0 Å². The molecule has 3 N–H and O–H groups in total. The number of guanidine groups is 1. The van der Waals surface area contributed by atoms with Crippen LogP contribution in [0.4, 0.5) is 0 Å². The summed E-state index contributed by atoms with van der Waals surface area (Å²) in [5.41, 5.74) is 9.41. The molecule has 4 nitrogen and oxygen atoms in total. The zero-order chi connectivity index (χ0) is 17.9. The van der Waals surface area contributed by atoms with Crippen LogP contribution in [0.1, 0.15) is 37.0 Å². The zero-order valence-corrected chi connectivity index (χ0v) is 15.2. The molecule has 0 saturated heterocycles. The predicted octanol–water partition coefficient (Wildman–Crippen LogP) is 3.85. The molecule has 0 heterocycles. The molecule has 0 aliphatic carbocycles. The van der Waals surface area contributed by atoms with Crippen LogP contribution in [-0.2, 0) is 24.5 Å². The fraction of sp³-hybridized carbons (Fsp3) is 0.381. The van der Waals surface area contributed by atoms with Crippen molar-refractivity contribution in [2.75, 3.05) is 6.54 Å². The standard InChI is InChI=1S/C21H29N3O/c1-17(2)12-13-23-21(22)24-14-19-10-6-7-11-20(19)16-25-15-18-8-4-3-5-9-18/h3-11,17H,12-16H2,1-2H3,(H3,22,23,24). The third-order valence-corrected chi connectivity index (χ3v) is 3.94. The SMILES string of the molecule is CC(C)CCNC(N)=NCc1ccccc1COCc1ccccc1. The topological polar surface area (TPSA) is 59.6 Å². The Morgan fingerprint density at radius 2 is 1.68 bits per heavy atom. The molecule has 25 heavy (non-hydrogen) atoms. The van der Waals surface area contributed by atoms with Crippen molar-refractivity contribution in [2.24, 2.45) is 16.6 Å². The Hall–Kier alpha value is -2.33. The predicted molar refractivity (Wildman–Crippen MR) is 104 cm³/mol. The molecule has 0 unspecified atom stereocenters. The molecule has 0 amide bonds. The second-order valence-corrected chi connectivity index (χ2v) is 6.56. The number of hydrogen-bond acceptors (Lipinski definition) is 2. The lowest BCUT2D eigenvalue weighted by Gasteiger charge is -2.10. The summed E-state index contributed by atoms with van der Waals surface area (Å²) in [6.07, 6.45) is 1.08. The first-order chi connectivity index (χ1) is 12.1. The van der Waals surface area contributed by atoms with E-state index in [4.69, 9.17) is 10.5 Å². The fourth-order valence-electron chi connectivity index (χ4n) is 2.42. The van der Waals surface area contributed by atoms with Crippen LogP contribution in [0, 0.1) is 5.92 Å². The highest BCUT2D eigenvalue weighted by atomic mass is 16.5. The highest BCUT2D eigenvalue weighted by Gasteiger charge is 2.03. The van der Waals surface area contributed by atoms with Gasteiger partial charge in [-0.25, -0.2) is 4.99 Å². The van der Waals surface area contributed by atoms with E-state index in [0.717, 1.165) is 24.1 Å². The molecule has 0 spiro atoms. The first kappa shape index (κ1) is 19.0. The average Bonchev–Trinajstić information content (AvgIpc) is 2.61. The largest absolute Gasteiger partial charge is 0.372 e. The second kappa shape index (κ2) is 10.5. The molecule has 2 aromatic carbocycles. The molecule has 0 atom stereocenters. The number of aliphatic imine (C=N–C) groups is 1. The minimum absolute atomic E-state index is 0.501. The number of benzene rings is 2. The van der Waals surface area contributed by atoms with Gasteiger partial charge in [-0.15, -0.1) is 0 Å². The summed E-state index contributed by atoms with van der Waals surface area (Å²) in [6.45, 7) is 6.99. The van der Waals surface area contributed by atoms with Crippen molar-refractivity contribution in [3.8, 4) is 0 Å². The maximum Gasteiger partial charge on any atom is 0.188 e. The molecule has 0 aromatic heterocycles. The van der Waals surface area contributed by atoms with Gasteiger partial charge in [0.1, 0.15) is 0 Å². The molecule has 4 heteroatoms. The lowest BCUT2D eigenvalue weighted by molar-refractivity contribution is 0.106. The molecule has 0 aliphatic heterocycles. The van der Waals surface area contributed by atoms with E-state index in [9.17, 15) is 0 Å². The van der Waals surface area contributed by atoms with Gasteiger partial charge in [0.25, 0.3) is 0 Å². The average molecular weight is 339 g/mol. The Labute approximate surface area is 151 Å². The van der Waals surface area contributed by atoms with E-state index in [0.29, 0.717) is 31.6 Å². The summed E-state index contributed by atoms with van der Waals surface area (Å²) in [6, 6.07) is 18.4. The van der Waals surface area contributed by atoms with Crippen molar-refractivity contribution in [2.45, 2.75) is 40.0 Å². The van der Waals surface area contributed by atoms with E-state index in [1.54, 1.807) is 0 Å². The highest BCUT2D eigenvalue weighted by molar-refractivity contribution is 5.77. The maximum absolute atomic E-state index is 5.94. The molecule has 2 rings (SSSR count). The van der Waals surface area contributed by atoms with Crippen molar-refractivity contribution < 1.29 is 4.74 Å². The Kier molecular flexibility index (Phi) is 7.99. The third kappa shape index (κ3) is 7.40. The number of ether oxygens (including phenoxy) is 1. The quantitative estimate of drug-likeness (QED) is 0.539. The van der Waals surface area contributed by atoms with Gasteiger partial charge in [-0.2, -0.15) is 0 Å². The van der Waals surface area contributed by atoms with Crippen molar-refractivity contribution in [3.63, 3.8) is 0 Å². The van der Waals surface area contributed by atoms with E-state index in [1.165, 1.54) is 5.56 Å². The second-order valence-electron chi connectivity index (χ2n) is 6.56. The number of nitrogens with one attached hydrogen (secondary N) is 1. The highest BCUT2D eigenvalue weighted by Crippen LogP contribution is 2.13. The number of nitrogens with zero attached hydrogens (tertiary/aromatic N) is 1. The maximum atomic E-state index is 5.94. The monoisotopic (exact) mass is 339 g/mol. The summed E-state index contributed by atoms with van der Waals surface area (Å²) >= 11 is 0. The van der Waals surface area contributed by atoms with Crippen molar-refractivity contribution in [3.05, 3.63) is 71.3 Å². The molecule has 134 valence electrons. The van der Waals surface area contributed by atoms with Crippen LogP contribution < -0.4 is 11.1 Å². The smallest absolute Gasteiger partial charge is 0.188 e. The molecule has 0 bridgehead atoms. The molecule has 0 fully saturated rings. The van der Waals surface area contributed by atoms with Gasteiger partial charge in [-0.1, -0.05) is 68.4 Å². The molecule has 2 aromatic rings. The Bertz CT molecular complexity index is 653. The Balaban J connectivity index is 1.84. The van der Waals surface area contributed by atoms with Gasteiger partial charge < -0.3 is 15.8 Å². The number of nitrogens with two attached hydrogens (primary N) is 1. The number of hydrogen-bond donors (Lipinski definition) is 2. The lowest BCUT2D eigenvalue weighted by atomic mass is 10.1. The molecule has 0 saturated carbocycles. The van der Waals surface area contributed by atoms with Crippen LogP contribution in [0.2, 0.25) is 0 Å². The summed E-state index contributed by atoms with van der Waals surface area (Å²) < 4.78 is 5.85. The van der Waals surface area contributed by atoms with Crippen LogP contribution in [0.3, 0.4) is 0 Å². The van der Waals surface area contributed by atoms with Crippen molar-refractivity contribution >= 4 is 5.96 Å². The van der Waals surface area contributed by atoms with Crippen LogP contribution in [0.25, 0.3) is 0 Å². The van der Waals surface area contributed by atoms with E-state index < -0.39 is 0 Å². The van der Waals surface area contributed by atoms with Crippen molar-refractivity contribution in [1.29, 1.82) is 0 Å². The Morgan fingerprint density at radius 3 is 2.40 bits per heavy atom. The summed E-state index contributed by atoms with van der Waals surface area (Å²) in [7, 11) is 0. The van der Waals surface area contributed by atoms with E-state index >= 15 is 0 Å². The van der Waals surface area contributed by atoms with Gasteiger partial charge in [0, 0.05) is 6.54 Å². The van der Waals surface area contributed by atoms with Gasteiger partial charge in [-0.05, 0) is 29.0 Å². The summed E-state index contributed by atoms with van der Waals surface area (Å²) in [4.78, 5) is 4.45. The van der Waals surface area contributed by atoms with Gasteiger partial charge in [0.05, 0.1) is 19.8 Å². The first-order valence-electron chi connectivity index (χ1n) is 8.87. The summed E-state index contributed by atoms with van der Waals surface area (Å²) in [5.74, 6) is 1.16. The minimum Gasteiger partial charge on any atom is -0.372 e. The first-order valence-corrected chi connectivity index (χ1v) is 8.87. The van der Waals surface area contributed by atoms with Gasteiger partial charge in [0.15, 0.2) is 5.96 Å². The van der Waals surface area contributed by atoms with E-state index in [2.05, 4.69) is 48.4 Å². The van der Waals surface area contributed by atoms with Crippen LogP contribution in [0.15, 0.2) is 59.6 Å². The molecular weight excluding hydrogens is 310 g/mol. The zero-order valence-electron chi connectivity index (χ0n) is 15.2.